The van der Waals surface area contributed by atoms with Crippen LogP contribution in [0.1, 0.15) is 41.5 Å². The maximum atomic E-state index is 13.4. The number of carbonyl (C=O) groups is 1. The standard InChI is InChI=1S/C22H29N5O5S/c1-21(2,3)26-17-10-14(8-9-16(17)25-20(26)23)15-11-18(19(31-7)24-12-15)33(29,30)27(32-13-28)22(4,5)6/h8-13H,1-7H3,(H2,23,25). The summed E-state index contributed by atoms with van der Waals surface area (Å²) in [6, 6.07) is 6.95. The number of fused-ring (bicyclic) bond motifs is 1. The van der Waals surface area contributed by atoms with Gasteiger partial charge >= 0.3 is 6.47 Å². The van der Waals surface area contributed by atoms with E-state index in [0.717, 1.165) is 11.0 Å². The molecule has 0 fully saturated rings. The van der Waals surface area contributed by atoms with Crippen LogP contribution in [0.3, 0.4) is 0 Å². The Balaban J connectivity index is 2.22. The predicted octanol–water partition coefficient (Wildman–Crippen LogP) is 3.32. The van der Waals surface area contributed by atoms with Crippen molar-refractivity contribution in [1.82, 2.24) is 19.0 Å². The number of nitrogens with zero attached hydrogens (tertiary/aromatic N) is 4. The molecule has 3 rings (SSSR count). The topological polar surface area (TPSA) is 130 Å². The fourth-order valence-electron chi connectivity index (χ4n) is 3.61. The molecule has 2 N–H and O–H groups in total. The summed E-state index contributed by atoms with van der Waals surface area (Å²) < 4.78 is 34.6. The summed E-state index contributed by atoms with van der Waals surface area (Å²) in [5.74, 6) is 0.269. The summed E-state index contributed by atoms with van der Waals surface area (Å²) in [5.41, 5.74) is 7.54. The molecule has 0 aliphatic rings. The SMILES string of the molecule is COc1ncc(-c2ccc3nc(N)n(C(C)(C)C)c3c2)cc1S(=O)(=O)N(OC=O)C(C)(C)C. The third-order valence-corrected chi connectivity index (χ3v) is 6.80. The normalized spacial score (nSPS) is 12.8. The highest BCUT2D eigenvalue weighted by Gasteiger charge is 2.39. The smallest absolute Gasteiger partial charge is 0.314 e. The van der Waals surface area contributed by atoms with Crippen LogP contribution in [-0.4, -0.2) is 46.5 Å². The number of hydrogen-bond acceptors (Lipinski definition) is 8. The second-order valence-electron chi connectivity index (χ2n) is 9.52. The van der Waals surface area contributed by atoms with Crippen LogP contribution in [0.25, 0.3) is 22.2 Å². The summed E-state index contributed by atoms with van der Waals surface area (Å²) in [4.78, 5) is 24.3. The Morgan fingerprint density at radius 2 is 1.76 bits per heavy atom. The van der Waals surface area contributed by atoms with Crippen molar-refractivity contribution in [1.29, 1.82) is 0 Å². The lowest BCUT2D eigenvalue weighted by Crippen LogP contribution is -2.45. The predicted molar refractivity (Wildman–Crippen MR) is 125 cm³/mol. The molecule has 0 atom stereocenters. The molecule has 0 saturated heterocycles. The first-order valence-electron chi connectivity index (χ1n) is 10.2. The molecule has 0 spiro atoms. The molecule has 0 aliphatic carbocycles. The van der Waals surface area contributed by atoms with Crippen LogP contribution in [0, 0.1) is 0 Å². The number of hydroxylamine groups is 1. The van der Waals surface area contributed by atoms with Crippen molar-refractivity contribution < 1.29 is 22.8 Å². The van der Waals surface area contributed by atoms with Crippen molar-refractivity contribution in [2.75, 3.05) is 12.8 Å². The second kappa shape index (κ2) is 8.31. The lowest BCUT2D eigenvalue weighted by Gasteiger charge is -2.31. The Hall–Kier alpha value is -3.18. The number of methoxy groups -OCH3 is 1. The highest BCUT2D eigenvalue weighted by molar-refractivity contribution is 7.89. The van der Waals surface area contributed by atoms with Crippen LogP contribution in [0.2, 0.25) is 0 Å². The van der Waals surface area contributed by atoms with Crippen LogP contribution in [0.5, 0.6) is 5.88 Å². The Bertz CT molecular complexity index is 1300. The molecule has 2 heterocycles. The molecule has 1 aromatic carbocycles. The molecule has 2 aromatic heterocycles. The van der Waals surface area contributed by atoms with Crippen molar-refractivity contribution in [2.24, 2.45) is 0 Å². The van der Waals surface area contributed by atoms with Crippen LogP contribution < -0.4 is 10.5 Å². The van der Waals surface area contributed by atoms with E-state index in [1.165, 1.54) is 19.4 Å². The van der Waals surface area contributed by atoms with Crippen molar-refractivity contribution in [3.8, 4) is 17.0 Å². The van der Waals surface area contributed by atoms with E-state index in [2.05, 4.69) is 9.97 Å². The Morgan fingerprint density at radius 3 is 2.30 bits per heavy atom. The molecule has 178 valence electrons. The molecule has 0 bridgehead atoms. The Morgan fingerprint density at radius 1 is 1.09 bits per heavy atom. The fraction of sp³-hybridized carbons (Fsp3) is 0.409. The molecule has 0 aliphatic heterocycles. The zero-order chi connectivity index (χ0) is 24.8. The zero-order valence-electron chi connectivity index (χ0n) is 19.8. The van der Waals surface area contributed by atoms with Gasteiger partial charge in [-0.1, -0.05) is 6.07 Å². The van der Waals surface area contributed by atoms with Gasteiger partial charge in [0.1, 0.15) is 4.90 Å². The first-order chi connectivity index (χ1) is 15.2. The summed E-state index contributed by atoms with van der Waals surface area (Å²) in [6.07, 6.45) is 1.52. The van der Waals surface area contributed by atoms with Crippen LogP contribution >= 0.6 is 0 Å². The molecule has 33 heavy (non-hydrogen) atoms. The average Bonchev–Trinajstić information content (AvgIpc) is 3.05. The van der Waals surface area contributed by atoms with Gasteiger partial charge in [0.2, 0.25) is 11.8 Å². The number of aromatic nitrogens is 3. The Kier molecular flexibility index (Phi) is 6.16. The lowest BCUT2D eigenvalue weighted by atomic mass is 10.1. The number of sulfonamides is 1. The van der Waals surface area contributed by atoms with E-state index in [1.807, 2.05) is 43.5 Å². The number of imidazole rings is 1. The van der Waals surface area contributed by atoms with Gasteiger partial charge in [0.05, 0.1) is 23.7 Å². The highest BCUT2D eigenvalue weighted by Crippen LogP contribution is 2.35. The van der Waals surface area contributed by atoms with Gasteiger partial charge in [-0.25, -0.2) is 18.4 Å². The van der Waals surface area contributed by atoms with E-state index in [4.69, 9.17) is 15.3 Å². The molecule has 0 radical (unpaired) electrons. The van der Waals surface area contributed by atoms with Crippen molar-refractivity contribution >= 4 is 33.5 Å². The number of benzene rings is 1. The fourth-order valence-corrected chi connectivity index (χ4v) is 5.29. The minimum atomic E-state index is -4.31. The van der Waals surface area contributed by atoms with Crippen LogP contribution in [0.15, 0.2) is 35.4 Å². The van der Waals surface area contributed by atoms with Crippen LogP contribution in [-0.2, 0) is 25.2 Å². The van der Waals surface area contributed by atoms with Crippen molar-refractivity contribution in [3.05, 3.63) is 30.5 Å². The lowest BCUT2D eigenvalue weighted by molar-refractivity contribution is -0.165. The molecular weight excluding hydrogens is 446 g/mol. The van der Waals surface area contributed by atoms with Gasteiger partial charge in [0, 0.05) is 17.3 Å². The first-order valence-corrected chi connectivity index (χ1v) is 11.6. The second-order valence-corrected chi connectivity index (χ2v) is 11.2. The average molecular weight is 476 g/mol. The summed E-state index contributed by atoms with van der Waals surface area (Å²) in [5, 5.41) is 0. The summed E-state index contributed by atoms with van der Waals surface area (Å²) >= 11 is 0. The van der Waals surface area contributed by atoms with Gasteiger partial charge in [-0.2, -0.15) is 0 Å². The van der Waals surface area contributed by atoms with E-state index in [0.29, 0.717) is 21.5 Å². The molecular formula is C22H29N5O5S. The van der Waals surface area contributed by atoms with Gasteiger partial charge < -0.3 is 19.9 Å². The Labute approximate surface area is 193 Å². The van der Waals surface area contributed by atoms with E-state index >= 15 is 0 Å². The maximum absolute atomic E-state index is 13.4. The van der Waals surface area contributed by atoms with Crippen molar-refractivity contribution in [3.63, 3.8) is 0 Å². The largest absolute Gasteiger partial charge is 0.480 e. The minimum absolute atomic E-state index is 0.0680. The molecule has 0 unspecified atom stereocenters. The van der Waals surface area contributed by atoms with E-state index in [9.17, 15) is 13.2 Å². The monoisotopic (exact) mass is 475 g/mol. The number of nitrogens with two attached hydrogens (primary N) is 1. The number of pyridine rings is 1. The third kappa shape index (κ3) is 4.51. The number of rotatable bonds is 6. The molecule has 3 aromatic rings. The van der Waals surface area contributed by atoms with E-state index < -0.39 is 15.6 Å². The molecule has 11 heteroatoms. The van der Waals surface area contributed by atoms with Crippen molar-refractivity contribution in [2.45, 2.75) is 57.5 Å². The molecule has 0 saturated carbocycles. The van der Waals surface area contributed by atoms with Gasteiger partial charge in [-0.3, -0.25) is 4.79 Å². The summed E-state index contributed by atoms with van der Waals surface area (Å²) in [6.45, 7) is 10.9. The molecule has 10 nitrogen and oxygen atoms in total. The maximum Gasteiger partial charge on any atom is 0.314 e. The number of ether oxygens (including phenoxy) is 1. The van der Waals surface area contributed by atoms with Crippen LogP contribution in [0.4, 0.5) is 5.95 Å². The van der Waals surface area contributed by atoms with E-state index in [-0.39, 0.29) is 22.8 Å². The first kappa shape index (κ1) is 24.5. The molecule has 0 amide bonds. The number of nitrogen functional groups attached to an aromatic ring is 1. The van der Waals surface area contributed by atoms with E-state index in [1.54, 1.807) is 20.8 Å². The number of carbonyl (C=O) groups excluding carboxylic acids is 1. The highest BCUT2D eigenvalue weighted by atomic mass is 32.2. The van der Waals surface area contributed by atoms with Gasteiger partial charge in [-0.15, -0.1) is 0 Å². The van der Waals surface area contributed by atoms with Gasteiger partial charge in [0.25, 0.3) is 10.0 Å². The minimum Gasteiger partial charge on any atom is -0.480 e. The van der Waals surface area contributed by atoms with Gasteiger partial charge in [-0.05, 0) is 69.8 Å². The number of anilines is 1. The third-order valence-electron chi connectivity index (χ3n) is 4.88. The van der Waals surface area contributed by atoms with Gasteiger partial charge in [0.15, 0.2) is 0 Å². The zero-order valence-corrected chi connectivity index (χ0v) is 20.6. The number of hydrogen-bond donors (Lipinski definition) is 1. The quantitative estimate of drug-likeness (QED) is 0.424. The summed E-state index contributed by atoms with van der Waals surface area (Å²) in [7, 11) is -2.99.